The van der Waals surface area contributed by atoms with Gasteiger partial charge in [0.2, 0.25) is 5.13 Å². The van der Waals surface area contributed by atoms with Crippen molar-refractivity contribution >= 4 is 58.0 Å². The summed E-state index contributed by atoms with van der Waals surface area (Å²) in [6.45, 7) is 6.02. The fraction of sp³-hybridized carbons (Fsp3) is 0.400. The van der Waals surface area contributed by atoms with Gasteiger partial charge < -0.3 is 19.8 Å². The number of rotatable bonds is 8. The van der Waals surface area contributed by atoms with Crippen molar-refractivity contribution in [1.29, 1.82) is 0 Å². The lowest BCUT2D eigenvalue weighted by atomic mass is 10.2. The molecule has 1 heterocycles. The number of hydrogen-bond donors (Lipinski definition) is 3. The van der Waals surface area contributed by atoms with E-state index in [2.05, 4.69) is 34.0 Å². The highest BCUT2D eigenvalue weighted by Gasteiger charge is 2.32. The summed E-state index contributed by atoms with van der Waals surface area (Å²) in [6, 6.07) is 7.61. The highest BCUT2D eigenvalue weighted by atomic mass is 127. The van der Waals surface area contributed by atoms with E-state index in [1.807, 2.05) is 46.9 Å². The Labute approximate surface area is 169 Å². The van der Waals surface area contributed by atoms with Gasteiger partial charge in [-0.05, 0) is 38.1 Å². The van der Waals surface area contributed by atoms with Crippen LogP contribution in [0.3, 0.4) is 0 Å². The number of anilines is 1. The van der Waals surface area contributed by atoms with Crippen molar-refractivity contribution in [2.24, 2.45) is 10.2 Å². The first-order valence-electron chi connectivity index (χ1n) is 7.85. The summed E-state index contributed by atoms with van der Waals surface area (Å²) < 4.78 is 11.7. The summed E-state index contributed by atoms with van der Waals surface area (Å²) in [5, 5.41) is 18.2. The molecule has 0 saturated heterocycles. The van der Waals surface area contributed by atoms with E-state index in [4.69, 9.17) is 9.79 Å². The van der Waals surface area contributed by atoms with E-state index in [9.17, 15) is 9.67 Å². The van der Waals surface area contributed by atoms with Crippen LogP contribution in [0.5, 0.6) is 0 Å². The lowest BCUT2D eigenvalue weighted by molar-refractivity contribution is 0.208. The monoisotopic (exact) mass is 510 g/mol. The molecule has 0 bridgehead atoms. The quantitative estimate of drug-likeness (QED) is 0.208. The maximum atomic E-state index is 11.3. The minimum atomic E-state index is -4.66. The topological polar surface area (TPSA) is 119 Å². The Balaban J connectivity index is 2.20. The van der Waals surface area contributed by atoms with E-state index in [1.54, 1.807) is 0 Å². The zero-order valence-electron chi connectivity index (χ0n) is 14.3. The third-order valence-electron chi connectivity index (χ3n) is 3.63. The van der Waals surface area contributed by atoms with Gasteiger partial charge in [-0.25, -0.2) is 4.98 Å². The molecule has 0 aliphatic carbocycles. The van der Waals surface area contributed by atoms with Gasteiger partial charge in [0, 0.05) is 23.2 Å². The molecule has 2 rings (SSSR count). The number of aliphatic hydroxyl groups is 1. The standard InChI is InChI=1S/C15H20IN4O4PS/c1-3-20(4-2)11-7-5-10(6-8-11)18-19-15-17-12(9-16)13(26-15)14(21)25(22,23)24/h5-8,14,21H,3-4,9H2,1-2H3,(H2,22,23,24)/b19-18+. The first-order chi connectivity index (χ1) is 12.3. The molecule has 0 radical (unpaired) electrons. The van der Waals surface area contributed by atoms with E-state index in [0.717, 1.165) is 30.1 Å². The number of alkyl halides is 1. The van der Waals surface area contributed by atoms with E-state index < -0.39 is 13.4 Å². The molecule has 1 aromatic heterocycles. The molecule has 142 valence electrons. The average Bonchev–Trinajstić information content (AvgIpc) is 3.03. The summed E-state index contributed by atoms with van der Waals surface area (Å²) in [4.78, 5) is 24.9. The fourth-order valence-electron chi connectivity index (χ4n) is 2.26. The maximum absolute atomic E-state index is 11.3. The Morgan fingerprint density at radius 1 is 1.23 bits per heavy atom. The third kappa shape index (κ3) is 5.30. The van der Waals surface area contributed by atoms with Crippen molar-refractivity contribution in [3.05, 3.63) is 34.8 Å². The molecule has 1 unspecified atom stereocenters. The molecule has 3 N–H and O–H groups in total. The Morgan fingerprint density at radius 2 is 1.85 bits per heavy atom. The second-order valence-electron chi connectivity index (χ2n) is 5.29. The maximum Gasteiger partial charge on any atom is 0.359 e. The normalized spacial score (nSPS) is 13.3. The van der Waals surface area contributed by atoms with Crippen molar-refractivity contribution in [1.82, 2.24) is 4.98 Å². The van der Waals surface area contributed by atoms with Gasteiger partial charge in [-0.2, -0.15) is 0 Å². The van der Waals surface area contributed by atoms with Gasteiger partial charge in [0.25, 0.3) is 0 Å². The summed E-state index contributed by atoms with van der Waals surface area (Å²) in [5.74, 6) is -1.89. The van der Waals surface area contributed by atoms with Gasteiger partial charge in [0.05, 0.1) is 16.3 Å². The van der Waals surface area contributed by atoms with Gasteiger partial charge in [0.15, 0.2) is 5.85 Å². The zero-order chi connectivity index (χ0) is 19.3. The van der Waals surface area contributed by atoms with Crippen molar-refractivity contribution in [2.45, 2.75) is 24.1 Å². The van der Waals surface area contributed by atoms with Gasteiger partial charge in [-0.1, -0.05) is 33.9 Å². The molecule has 0 aliphatic heterocycles. The molecule has 2 aromatic rings. The predicted molar refractivity (Wildman–Crippen MR) is 111 cm³/mol. The van der Waals surface area contributed by atoms with E-state index in [-0.39, 0.29) is 10.0 Å². The first-order valence-corrected chi connectivity index (χ1v) is 11.9. The number of aliphatic hydroxyl groups excluding tert-OH is 1. The van der Waals surface area contributed by atoms with Crippen LogP contribution in [0.4, 0.5) is 16.5 Å². The van der Waals surface area contributed by atoms with Crippen molar-refractivity contribution < 1.29 is 19.5 Å². The predicted octanol–water partition coefficient (Wildman–Crippen LogP) is 4.51. The molecule has 0 amide bonds. The van der Waals surface area contributed by atoms with Gasteiger partial charge in [0.1, 0.15) is 0 Å². The van der Waals surface area contributed by atoms with E-state index in [0.29, 0.717) is 15.8 Å². The number of halogens is 1. The summed E-state index contributed by atoms with van der Waals surface area (Å²) in [5.41, 5.74) is 2.14. The summed E-state index contributed by atoms with van der Waals surface area (Å²) in [6.07, 6.45) is 0. The van der Waals surface area contributed by atoms with Crippen LogP contribution in [0.1, 0.15) is 30.3 Å². The summed E-state index contributed by atoms with van der Waals surface area (Å²) >= 11 is 2.94. The highest BCUT2D eigenvalue weighted by Crippen LogP contribution is 2.53. The molecule has 0 fully saturated rings. The van der Waals surface area contributed by atoms with Crippen LogP contribution in [0.25, 0.3) is 0 Å². The number of hydrogen-bond acceptors (Lipinski definition) is 7. The number of aromatic nitrogens is 1. The molecule has 0 aliphatic rings. The SMILES string of the molecule is CCN(CC)c1ccc(/N=N/c2nc(CI)c(C(O)P(=O)(O)O)s2)cc1. The molecule has 1 atom stereocenters. The minimum Gasteiger partial charge on any atom is -0.375 e. The molecular weight excluding hydrogens is 490 g/mol. The number of nitrogens with zero attached hydrogens (tertiary/aromatic N) is 4. The first kappa shape index (κ1) is 21.4. The largest absolute Gasteiger partial charge is 0.375 e. The van der Waals surface area contributed by atoms with Crippen molar-refractivity contribution in [3.63, 3.8) is 0 Å². The molecule has 0 spiro atoms. The van der Waals surface area contributed by atoms with Crippen LogP contribution in [-0.2, 0) is 8.99 Å². The Hall–Kier alpha value is -0.910. The van der Waals surface area contributed by atoms with Gasteiger partial charge >= 0.3 is 7.60 Å². The fourth-order valence-corrected chi connectivity index (χ4v) is 4.90. The van der Waals surface area contributed by atoms with Crippen LogP contribution in [0, 0.1) is 0 Å². The molecule has 11 heteroatoms. The second-order valence-corrected chi connectivity index (χ2v) is 8.73. The Kier molecular flexibility index (Phi) is 7.68. The number of benzene rings is 1. The average molecular weight is 510 g/mol. The third-order valence-corrected chi connectivity index (χ3v) is 6.45. The van der Waals surface area contributed by atoms with E-state index in [1.165, 1.54) is 0 Å². The molecular formula is C15H20IN4O4PS. The summed E-state index contributed by atoms with van der Waals surface area (Å²) in [7, 11) is -4.66. The van der Waals surface area contributed by atoms with Crippen molar-refractivity contribution in [2.75, 3.05) is 18.0 Å². The smallest absolute Gasteiger partial charge is 0.359 e. The second kappa shape index (κ2) is 9.34. The van der Waals surface area contributed by atoms with Crippen LogP contribution < -0.4 is 4.90 Å². The van der Waals surface area contributed by atoms with Gasteiger partial charge in [-0.3, -0.25) is 4.57 Å². The van der Waals surface area contributed by atoms with E-state index >= 15 is 0 Å². The van der Waals surface area contributed by atoms with Gasteiger partial charge in [-0.15, -0.1) is 10.2 Å². The van der Waals surface area contributed by atoms with Crippen LogP contribution in [0.15, 0.2) is 34.5 Å². The molecule has 26 heavy (non-hydrogen) atoms. The molecule has 0 saturated carbocycles. The number of azo groups is 1. The number of thiazole rings is 1. The Morgan fingerprint density at radius 3 is 2.35 bits per heavy atom. The minimum absolute atomic E-state index is 0.124. The van der Waals surface area contributed by atoms with Crippen LogP contribution in [-0.4, -0.2) is 33.0 Å². The molecule has 8 nitrogen and oxygen atoms in total. The van der Waals surface area contributed by atoms with Crippen molar-refractivity contribution in [3.8, 4) is 0 Å². The lowest BCUT2D eigenvalue weighted by Gasteiger charge is -2.20. The highest BCUT2D eigenvalue weighted by molar-refractivity contribution is 14.1. The lowest BCUT2D eigenvalue weighted by Crippen LogP contribution is -2.21. The van der Waals surface area contributed by atoms with Crippen LogP contribution >= 0.6 is 41.5 Å². The Bertz CT molecular complexity index is 804. The van der Waals surface area contributed by atoms with Crippen LogP contribution in [0.2, 0.25) is 0 Å². The zero-order valence-corrected chi connectivity index (χ0v) is 18.1. The molecule has 1 aromatic carbocycles.